The molecule has 0 saturated carbocycles. The van der Waals surface area contributed by atoms with E-state index in [0.29, 0.717) is 0 Å². The lowest BCUT2D eigenvalue weighted by Crippen LogP contribution is -2.20. The van der Waals surface area contributed by atoms with Gasteiger partial charge in [-0.25, -0.2) is 8.42 Å². The van der Waals surface area contributed by atoms with Gasteiger partial charge < -0.3 is 15.7 Å². The van der Waals surface area contributed by atoms with Crippen molar-refractivity contribution in [2.24, 2.45) is 5.73 Å². The third-order valence-corrected chi connectivity index (χ3v) is 5.69. The van der Waals surface area contributed by atoms with Crippen molar-refractivity contribution < 1.29 is 27.8 Å². The van der Waals surface area contributed by atoms with E-state index in [1.165, 1.54) is 0 Å². The van der Waals surface area contributed by atoms with E-state index in [1.807, 2.05) is 0 Å². The van der Waals surface area contributed by atoms with E-state index in [1.54, 1.807) is 0 Å². The minimum Gasteiger partial charge on any atom is -0.481 e. The van der Waals surface area contributed by atoms with Gasteiger partial charge in [0.05, 0.1) is 17.9 Å². The molecule has 0 aliphatic rings. The Balaban J connectivity index is 4.18. The molecule has 7 nitrogen and oxygen atoms in total. The number of carbonyl (C=O) groups is 1. The molecule has 0 radical (unpaired) electrons. The van der Waals surface area contributed by atoms with Crippen molar-refractivity contribution in [3.63, 3.8) is 0 Å². The van der Waals surface area contributed by atoms with Crippen LogP contribution in [0.15, 0.2) is 0 Å². The van der Waals surface area contributed by atoms with E-state index in [-0.39, 0.29) is 12.3 Å². The summed E-state index contributed by atoms with van der Waals surface area (Å²) in [6.07, 6.45) is -1.26. The smallest absolute Gasteiger partial charge is 0.303 e. The zero-order valence-corrected chi connectivity index (χ0v) is 10.4. The molecule has 0 saturated heterocycles. The van der Waals surface area contributed by atoms with Gasteiger partial charge in [-0.3, -0.25) is 9.36 Å². The van der Waals surface area contributed by atoms with Crippen LogP contribution in [0.1, 0.15) is 6.42 Å². The summed E-state index contributed by atoms with van der Waals surface area (Å²) in [5.74, 6) is -1.84. The molecule has 0 fully saturated rings. The molecule has 0 amide bonds. The van der Waals surface area contributed by atoms with Crippen LogP contribution >= 0.6 is 7.37 Å². The second kappa shape index (κ2) is 6.34. The van der Waals surface area contributed by atoms with Gasteiger partial charge in [0.15, 0.2) is 9.84 Å². The molecule has 0 aliphatic carbocycles. The summed E-state index contributed by atoms with van der Waals surface area (Å²) in [6, 6.07) is 0. The maximum Gasteiger partial charge on any atom is 0.303 e. The van der Waals surface area contributed by atoms with Crippen molar-refractivity contribution in [3.05, 3.63) is 0 Å². The van der Waals surface area contributed by atoms with Gasteiger partial charge in [-0.15, -0.1) is 0 Å². The number of sulfone groups is 1. The fraction of sp³-hybridized carbons (Fsp3) is 0.857. The van der Waals surface area contributed by atoms with Crippen molar-refractivity contribution in [1.29, 1.82) is 0 Å². The predicted octanol–water partition coefficient (Wildman–Crippen LogP) is -0.895. The van der Waals surface area contributed by atoms with Gasteiger partial charge in [-0.05, 0) is 0 Å². The van der Waals surface area contributed by atoms with Gasteiger partial charge in [0.25, 0.3) is 0 Å². The van der Waals surface area contributed by atoms with Crippen LogP contribution in [0, 0.1) is 0 Å². The topological polar surface area (TPSA) is 135 Å². The number of rotatable bonds is 8. The predicted molar refractivity (Wildman–Crippen MR) is 59.5 cm³/mol. The highest BCUT2D eigenvalue weighted by Gasteiger charge is 2.22. The van der Waals surface area contributed by atoms with E-state index in [2.05, 4.69) is 0 Å². The molecule has 16 heavy (non-hydrogen) atoms. The van der Waals surface area contributed by atoms with Gasteiger partial charge in [0.1, 0.15) is 0 Å². The van der Waals surface area contributed by atoms with Gasteiger partial charge in [0, 0.05) is 18.9 Å². The maximum atomic E-state index is 11.4. The second-order valence-electron chi connectivity index (χ2n) is 3.38. The number of carboxylic acid groups (broad SMARTS) is 1. The first-order valence-electron chi connectivity index (χ1n) is 4.62. The normalized spacial score (nSPS) is 15.6. The molecule has 1 atom stereocenters. The Kier molecular flexibility index (Phi) is 6.17. The van der Waals surface area contributed by atoms with Crippen LogP contribution in [0.2, 0.25) is 0 Å². The number of nitrogens with two attached hydrogens (primary N) is 1. The van der Waals surface area contributed by atoms with Crippen LogP contribution in [0.5, 0.6) is 0 Å². The summed E-state index contributed by atoms with van der Waals surface area (Å²) >= 11 is 0. The molecule has 96 valence electrons. The van der Waals surface area contributed by atoms with E-state index in [9.17, 15) is 22.7 Å². The van der Waals surface area contributed by atoms with Gasteiger partial charge in [-0.2, -0.15) is 0 Å². The molecule has 4 N–H and O–H groups in total. The van der Waals surface area contributed by atoms with Crippen LogP contribution in [0.3, 0.4) is 0 Å². The molecular formula is C7H16NO6PS. The van der Waals surface area contributed by atoms with Crippen molar-refractivity contribution in [2.45, 2.75) is 6.42 Å². The minimum absolute atomic E-state index is 0.0345. The van der Waals surface area contributed by atoms with Gasteiger partial charge in [-0.1, -0.05) is 0 Å². The lowest BCUT2D eigenvalue weighted by molar-refractivity contribution is -0.136. The SMILES string of the molecule is NCCS(=O)(=O)CCP(=O)(O)CCC(=O)O. The van der Waals surface area contributed by atoms with Crippen molar-refractivity contribution >= 4 is 23.2 Å². The molecule has 0 aromatic rings. The molecule has 1 unspecified atom stereocenters. The average Bonchev–Trinajstić information content (AvgIpc) is 2.13. The van der Waals surface area contributed by atoms with E-state index < -0.39 is 47.7 Å². The first-order chi connectivity index (χ1) is 7.18. The Hall–Kier alpha value is -0.430. The van der Waals surface area contributed by atoms with Crippen molar-refractivity contribution in [2.75, 3.05) is 30.4 Å². The summed E-state index contributed by atoms with van der Waals surface area (Å²) in [5.41, 5.74) is 5.06. The third kappa shape index (κ3) is 7.81. The molecule has 9 heteroatoms. The number of carboxylic acids is 1. The van der Waals surface area contributed by atoms with Crippen molar-refractivity contribution in [1.82, 2.24) is 0 Å². The average molecular weight is 273 g/mol. The first-order valence-corrected chi connectivity index (χ1v) is 8.47. The molecule has 0 heterocycles. The number of aliphatic carboxylic acids is 1. The summed E-state index contributed by atoms with van der Waals surface area (Å²) in [6.45, 7) is -0.0345. The summed E-state index contributed by atoms with van der Waals surface area (Å²) in [7, 11) is -7.08. The summed E-state index contributed by atoms with van der Waals surface area (Å²) in [4.78, 5) is 19.5. The Bertz CT molecular complexity index is 378. The third-order valence-electron chi connectivity index (χ3n) is 1.86. The monoisotopic (exact) mass is 273 g/mol. The summed E-state index contributed by atoms with van der Waals surface area (Å²) < 4.78 is 33.7. The Morgan fingerprint density at radius 1 is 1.25 bits per heavy atom. The lowest BCUT2D eigenvalue weighted by Gasteiger charge is -2.10. The first kappa shape index (κ1) is 15.6. The number of hydrogen-bond acceptors (Lipinski definition) is 5. The minimum atomic E-state index is -3.67. The van der Waals surface area contributed by atoms with Crippen LogP contribution in [-0.2, 0) is 19.2 Å². The zero-order chi connectivity index (χ0) is 12.8. The molecule has 0 aromatic carbocycles. The zero-order valence-electron chi connectivity index (χ0n) is 8.70. The highest BCUT2D eigenvalue weighted by atomic mass is 32.2. The van der Waals surface area contributed by atoms with Gasteiger partial charge in [0.2, 0.25) is 7.37 Å². The molecular weight excluding hydrogens is 257 g/mol. The van der Waals surface area contributed by atoms with E-state index in [4.69, 9.17) is 10.8 Å². The van der Waals surface area contributed by atoms with Crippen molar-refractivity contribution in [3.8, 4) is 0 Å². The van der Waals surface area contributed by atoms with E-state index in [0.717, 1.165) is 0 Å². The Labute approximate surface area is 94.0 Å². The number of hydrogen-bond donors (Lipinski definition) is 3. The van der Waals surface area contributed by atoms with Crippen LogP contribution in [0.4, 0.5) is 0 Å². The molecule has 0 rings (SSSR count). The molecule has 0 spiro atoms. The fourth-order valence-electron chi connectivity index (χ4n) is 0.945. The van der Waals surface area contributed by atoms with E-state index >= 15 is 0 Å². The lowest BCUT2D eigenvalue weighted by atomic mass is 10.5. The standard InChI is InChI=1S/C7H16NO6PS/c8-2-5-16(13,14)6-4-15(11,12)3-1-7(9)10/h1-6,8H2,(H,9,10)(H,11,12). The molecule has 0 aliphatic heterocycles. The molecule has 0 bridgehead atoms. The van der Waals surface area contributed by atoms with Crippen LogP contribution < -0.4 is 5.73 Å². The second-order valence-corrected chi connectivity index (χ2v) is 8.27. The highest BCUT2D eigenvalue weighted by Crippen LogP contribution is 2.40. The van der Waals surface area contributed by atoms with Gasteiger partial charge >= 0.3 is 5.97 Å². The molecule has 0 aromatic heterocycles. The Morgan fingerprint density at radius 3 is 2.25 bits per heavy atom. The summed E-state index contributed by atoms with van der Waals surface area (Å²) in [5, 5.41) is 8.32. The quantitative estimate of drug-likeness (QED) is 0.488. The largest absolute Gasteiger partial charge is 0.481 e. The van der Waals surface area contributed by atoms with Crippen LogP contribution in [0.25, 0.3) is 0 Å². The maximum absolute atomic E-state index is 11.4. The fourth-order valence-corrected chi connectivity index (χ4v) is 4.53. The Morgan fingerprint density at radius 2 is 1.81 bits per heavy atom. The highest BCUT2D eigenvalue weighted by molar-refractivity contribution is 7.91. The van der Waals surface area contributed by atoms with Crippen LogP contribution in [-0.4, -0.2) is 54.8 Å².